The predicted molar refractivity (Wildman–Crippen MR) is 90.7 cm³/mol. The summed E-state index contributed by atoms with van der Waals surface area (Å²) < 4.78 is 13.4. The Bertz CT molecular complexity index is 829. The monoisotopic (exact) mass is 339 g/mol. The van der Waals surface area contributed by atoms with Crippen LogP contribution in [0.1, 0.15) is 35.8 Å². The number of imidazole rings is 1. The lowest BCUT2D eigenvalue weighted by Crippen LogP contribution is -2.26. The normalized spacial score (nSPS) is 23.2. The van der Waals surface area contributed by atoms with Gasteiger partial charge < -0.3 is 19.4 Å². The Morgan fingerprint density at radius 1 is 1.28 bits per heavy atom. The van der Waals surface area contributed by atoms with Gasteiger partial charge in [0.05, 0.1) is 18.4 Å². The van der Waals surface area contributed by atoms with Crippen LogP contribution in [0.25, 0.3) is 0 Å². The molecule has 130 valence electrons. The molecule has 2 aromatic rings. The first-order valence-corrected chi connectivity index (χ1v) is 9.00. The minimum Gasteiger partial charge on any atom is -0.486 e. The van der Waals surface area contributed by atoms with Gasteiger partial charge in [0.1, 0.15) is 19.0 Å². The molecule has 1 amide bonds. The van der Waals surface area contributed by atoms with E-state index in [0.717, 1.165) is 54.4 Å². The Balaban J connectivity index is 1.21. The Labute approximate surface area is 146 Å². The molecule has 25 heavy (non-hydrogen) atoms. The first kappa shape index (κ1) is 14.8. The Morgan fingerprint density at radius 2 is 2.16 bits per heavy atom. The van der Waals surface area contributed by atoms with Crippen molar-refractivity contribution in [1.82, 2.24) is 14.9 Å². The summed E-state index contributed by atoms with van der Waals surface area (Å²) in [6.45, 7) is 2.76. The zero-order chi connectivity index (χ0) is 16.8. The van der Waals surface area contributed by atoms with E-state index < -0.39 is 0 Å². The number of aromatic nitrogens is 2. The van der Waals surface area contributed by atoms with Crippen LogP contribution in [-0.2, 0) is 24.3 Å². The molecule has 0 spiro atoms. The van der Waals surface area contributed by atoms with Crippen LogP contribution in [0.3, 0.4) is 0 Å². The van der Waals surface area contributed by atoms with Crippen LogP contribution in [0.15, 0.2) is 24.4 Å². The molecular formula is C19H21N3O3. The highest BCUT2D eigenvalue weighted by Crippen LogP contribution is 2.49. The molecule has 6 heteroatoms. The van der Waals surface area contributed by atoms with Crippen LogP contribution < -0.4 is 14.8 Å². The van der Waals surface area contributed by atoms with E-state index in [1.54, 1.807) is 0 Å². The number of carbonyl (C=O) groups is 1. The summed E-state index contributed by atoms with van der Waals surface area (Å²) in [5.74, 6) is 3.21. The number of ether oxygens (including phenoxy) is 2. The van der Waals surface area contributed by atoms with Gasteiger partial charge >= 0.3 is 0 Å². The molecular weight excluding hydrogens is 318 g/mol. The van der Waals surface area contributed by atoms with E-state index in [1.165, 1.54) is 0 Å². The maximum absolute atomic E-state index is 12.5. The topological polar surface area (TPSA) is 65.4 Å². The molecule has 1 N–H and O–H groups in total. The molecule has 1 saturated carbocycles. The van der Waals surface area contributed by atoms with Crippen LogP contribution in [0.4, 0.5) is 0 Å². The van der Waals surface area contributed by atoms with Crippen LogP contribution in [0.2, 0.25) is 0 Å². The van der Waals surface area contributed by atoms with Gasteiger partial charge in [0.2, 0.25) is 5.91 Å². The van der Waals surface area contributed by atoms with Crippen molar-refractivity contribution < 1.29 is 14.3 Å². The van der Waals surface area contributed by atoms with E-state index in [0.29, 0.717) is 19.8 Å². The molecule has 5 rings (SSSR count). The number of nitrogens with one attached hydrogen (secondary N) is 1. The smallest absolute Gasteiger partial charge is 0.224 e. The van der Waals surface area contributed by atoms with Gasteiger partial charge in [0, 0.05) is 18.9 Å². The van der Waals surface area contributed by atoms with Crippen LogP contribution in [0.5, 0.6) is 11.5 Å². The van der Waals surface area contributed by atoms with E-state index in [4.69, 9.17) is 9.47 Å². The van der Waals surface area contributed by atoms with Crippen molar-refractivity contribution in [2.45, 2.75) is 38.3 Å². The van der Waals surface area contributed by atoms with Gasteiger partial charge in [-0.2, -0.15) is 0 Å². The second-order valence-electron chi connectivity index (χ2n) is 6.99. The lowest BCUT2D eigenvalue weighted by atomic mass is 10.1. The third-order valence-corrected chi connectivity index (χ3v) is 5.37. The molecule has 1 aromatic heterocycles. The molecule has 2 atom stereocenters. The summed E-state index contributed by atoms with van der Waals surface area (Å²) in [4.78, 5) is 16.9. The summed E-state index contributed by atoms with van der Waals surface area (Å²) >= 11 is 0. The van der Waals surface area contributed by atoms with Crippen molar-refractivity contribution in [2.75, 3.05) is 13.2 Å². The van der Waals surface area contributed by atoms with E-state index >= 15 is 0 Å². The molecule has 2 unspecified atom stereocenters. The maximum atomic E-state index is 12.5. The minimum absolute atomic E-state index is 0.0588. The van der Waals surface area contributed by atoms with Crippen molar-refractivity contribution >= 4 is 5.91 Å². The number of amides is 1. The number of carbonyl (C=O) groups excluding carboxylic acids is 1. The summed E-state index contributed by atoms with van der Waals surface area (Å²) in [5.41, 5.74) is 2.27. The summed E-state index contributed by atoms with van der Waals surface area (Å²) in [5, 5.41) is 3.08. The lowest BCUT2D eigenvalue weighted by Gasteiger charge is -2.18. The average Bonchev–Trinajstić information content (AvgIpc) is 3.15. The van der Waals surface area contributed by atoms with E-state index in [1.807, 2.05) is 18.3 Å². The van der Waals surface area contributed by atoms with Gasteiger partial charge in [-0.1, -0.05) is 6.07 Å². The summed E-state index contributed by atoms with van der Waals surface area (Å²) in [6.07, 6.45) is 4.98. The molecule has 0 radical (unpaired) electrons. The van der Waals surface area contributed by atoms with Crippen LogP contribution >= 0.6 is 0 Å². The third-order valence-electron chi connectivity index (χ3n) is 5.37. The molecule has 3 aliphatic rings. The quantitative estimate of drug-likeness (QED) is 0.926. The lowest BCUT2D eigenvalue weighted by molar-refractivity contribution is -0.122. The first-order valence-electron chi connectivity index (χ1n) is 9.00. The maximum Gasteiger partial charge on any atom is 0.224 e. The molecule has 6 nitrogen and oxygen atoms in total. The van der Waals surface area contributed by atoms with E-state index in [2.05, 4.69) is 20.9 Å². The third kappa shape index (κ3) is 2.65. The number of benzene rings is 1. The zero-order valence-corrected chi connectivity index (χ0v) is 14.0. The van der Waals surface area contributed by atoms with E-state index in [-0.39, 0.29) is 17.7 Å². The molecule has 3 heterocycles. The van der Waals surface area contributed by atoms with Gasteiger partial charge in [-0.15, -0.1) is 0 Å². The second-order valence-corrected chi connectivity index (χ2v) is 6.99. The number of hydrogen-bond acceptors (Lipinski definition) is 4. The standard InChI is InChI=1S/C19H21N3O3/c23-19(21-11-13-10-20-18-2-1-5-22(13)18)15-9-14(15)12-3-4-16-17(8-12)25-7-6-24-16/h3-4,8,10,14-15H,1-2,5-7,9,11H2,(H,21,23). The molecule has 1 aromatic carbocycles. The van der Waals surface area contributed by atoms with Gasteiger partial charge in [-0.3, -0.25) is 4.79 Å². The van der Waals surface area contributed by atoms with Gasteiger partial charge in [0.25, 0.3) is 0 Å². The van der Waals surface area contributed by atoms with Crippen LogP contribution in [-0.4, -0.2) is 28.7 Å². The SMILES string of the molecule is O=C(NCc1cnc2n1CCC2)C1CC1c1ccc2c(c1)OCCO2. The summed E-state index contributed by atoms with van der Waals surface area (Å²) in [6, 6.07) is 6.03. The Hall–Kier alpha value is -2.50. The van der Waals surface area contributed by atoms with Crippen molar-refractivity contribution in [1.29, 1.82) is 0 Å². The molecule has 2 aliphatic heterocycles. The van der Waals surface area contributed by atoms with Gasteiger partial charge in [-0.05, 0) is 36.5 Å². The molecule has 0 saturated heterocycles. The van der Waals surface area contributed by atoms with Gasteiger partial charge in [-0.25, -0.2) is 4.98 Å². The molecule has 1 fully saturated rings. The van der Waals surface area contributed by atoms with Crippen molar-refractivity contribution in [3.05, 3.63) is 41.5 Å². The van der Waals surface area contributed by atoms with Crippen molar-refractivity contribution in [2.24, 2.45) is 5.92 Å². The number of rotatable bonds is 4. The highest BCUT2D eigenvalue weighted by molar-refractivity contribution is 5.82. The Kier molecular flexibility index (Phi) is 3.43. The number of nitrogens with zero attached hydrogens (tertiary/aromatic N) is 2. The predicted octanol–water partition coefficient (Wildman–Crippen LogP) is 2.02. The molecule has 1 aliphatic carbocycles. The fourth-order valence-electron chi connectivity index (χ4n) is 3.92. The number of aryl methyl sites for hydroxylation is 1. The zero-order valence-electron chi connectivity index (χ0n) is 14.0. The van der Waals surface area contributed by atoms with E-state index in [9.17, 15) is 4.79 Å². The van der Waals surface area contributed by atoms with Crippen LogP contribution in [0, 0.1) is 5.92 Å². The second kappa shape index (κ2) is 5.79. The highest BCUT2D eigenvalue weighted by Gasteiger charge is 2.44. The van der Waals surface area contributed by atoms with Crippen molar-refractivity contribution in [3.8, 4) is 11.5 Å². The number of fused-ring (bicyclic) bond motifs is 2. The largest absolute Gasteiger partial charge is 0.486 e. The average molecular weight is 339 g/mol. The Morgan fingerprint density at radius 3 is 3.08 bits per heavy atom. The summed E-state index contributed by atoms with van der Waals surface area (Å²) in [7, 11) is 0. The minimum atomic E-state index is 0.0588. The first-order chi connectivity index (χ1) is 12.3. The van der Waals surface area contributed by atoms with Crippen molar-refractivity contribution in [3.63, 3.8) is 0 Å². The molecule has 0 bridgehead atoms. The van der Waals surface area contributed by atoms with Gasteiger partial charge in [0.15, 0.2) is 11.5 Å². The fourth-order valence-corrected chi connectivity index (χ4v) is 3.92. The fraction of sp³-hybridized carbons (Fsp3) is 0.474. The highest BCUT2D eigenvalue weighted by atomic mass is 16.6. The number of hydrogen-bond donors (Lipinski definition) is 1.